The molecular weight excluding hydrogens is 357 g/mol. The summed E-state index contributed by atoms with van der Waals surface area (Å²) in [6.45, 7) is 5.72. The van der Waals surface area contributed by atoms with Crippen LogP contribution in [0.2, 0.25) is 0 Å². The number of nitrogens with zero attached hydrogens (tertiary/aromatic N) is 2. The van der Waals surface area contributed by atoms with Gasteiger partial charge in [0.15, 0.2) is 0 Å². The Labute approximate surface area is 161 Å². The second-order valence-corrected chi connectivity index (χ2v) is 6.71. The highest BCUT2D eigenvalue weighted by Crippen LogP contribution is 2.28. The number of aryl methyl sites for hydroxylation is 2. The fourth-order valence-electron chi connectivity index (χ4n) is 3.12. The van der Waals surface area contributed by atoms with Gasteiger partial charge in [0.05, 0.1) is 22.3 Å². The van der Waals surface area contributed by atoms with Crippen molar-refractivity contribution < 1.29 is 13.7 Å². The van der Waals surface area contributed by atoms with E-state index in [4.69, 9.17) is 4.52 Å². The predicted octanol–water partition coefficient (Wildman–Crippen LogP) is 5.21. The number of aromatic nitrogens is 2. The summed E-state index contributed by atoms with van der Waals surface area (Å²) in [5, 5.41) is 7.48. The van der Waals surface area contributed by atoms with E-state index in [1.54, 1.807) is 25.1 Å². The van der Waals surface area contributed by atoms with Gasteiger partial charge in [0, 0.05) is 11.3 Å². The van der Waals surface area contributed by atoms with E-state index < -0.39 is 0 Å². The molecule has 0 spiro atoms. The van der Waals surface area contributed by atoms with Crippen LogP contribution in [0.3, 0.4) is 0 Å². The Kier molecular flexibility index (Phi) is 4.39. The van der Waals surface area contributed by atoms with Crippen LogP contribution in [-0.4, -0.2) is 16.0 Å². The molecule has 4 rings (SSSR count). The Morgan fingerprint density at radius 1 is 1.07 bits per heavy atom. The van der Waals surface area contributed by atoms with Crippen molar-refractivity contribution >= 4 is 22.7 Å². The topological polar surface area (TPSA) is 68.0 Å². The molecule has 0 radical (unpaired) electrons. The number of carbonyl (C=O) groups is 1. The molecule has 0 aliphatic carbocycles. The molecule has 28 heavy (non-hydrogen) atoms. The largest absolute Gasteiger partial charge is 0.335 e. The van der Waals surface area contributed by atoms with E-state index in [0.717, 1.165) is 16.8 Å². The fraction of sp³-hybridized carbons (Fsp3) is 0.136. The third kappa shape index (κ3) is 3.13. The zero-order valence-electron chi connectivity index (χ0n) is 15.7. The lowest BCUT2D eigenvalue weighted by molar-refractivity contribution is 0.102. The summed E-state index contributed by atoms with van der Waals surface area (Å²) in [6, 6.07) is 13.4. The maximum atomic E-state index is 13.3. The van der Waals surface area contributed by atoms with Gasteiger partial charge in [-0.05, 0) is 68.3 Å². The lowest BCUT2D eigenvalue weighted by atomic mass is 10.0. The molecule has 0 fully saturated rings. The van der Waals surface area contributed by atoms with Crippen molar-refractivity contribution in [1.82, 2.24) is 10.1 Å². The lowest BCUT2D eigenvalue weighted by Gasteiger charge is -2.11. The molecule has 0 aliphatic heterocycles. The van der Waals surface area contributed by atoms with Crippen LogP contribution in [0.15, 0.2) is 53.1 Å². The van der Waals surface area contributed by atoms with E-state index in [1.807, 2.05) is 32.0 Å². The second kappa shape index (κ2) is 6.88. The molecule has 2 aromatic carbocycles. The quantitative estimate of drug-likeness (QED) is 0.534. The summed E-state index contributed by atoms with van der Waals surface area (Å²) in [6.07, 6.45) is 0. The molecule has 0 unspecified atom stereocenters. The first-order chi connectivity index (χ1) is 13.4. The minimum absolute atomic E-state index is 0.269. The first-order valence-electron chi connectivity index (χ1n) is 8.84. The Bertz CT molecular complexity index is 1200. The Hall–Kier alpha value is -3.54. The van der Waals surface area contributed by atoms with Gasteiger partial charge < -0.3 is 9.84 Å². The number of rotatable bonds is 3. The van der Waals surface area contributed by atoms with Crippen LogP contribution >= 0.6 is 0 Å². The number of halogens is 1. The van der Waals surface area contributed by atoms with E-state index in [1.165, 1.54) is 12.1 Å². The third-order valence-corrected chi connectivity index (χ3v) is 4.85. The number of nitrogens with one attached hydrogen (secondary N) is 1. The molecule has 0 saturated heterocycles. The van der Waals surface area contributed by atoms with Crippen molar-refractivity contribution in [2.45, 2.75) is 20.8 Å². The van der Waals surface area contributed by atoms with Crippen LogP contribution in [0.1, 0.15) is 27.2 Å². The lowest BCUT2D eigenvalue weighted by Crippen LogP contribution is -2.14. The molecule has 0 aliphatic rings. The monoisotopic (exact) mass is 375 g/mol. The summed E-state index contributed by atoms with van der Waals surface area (Å²) < 4.78 is 18.6. The fourth-order valence-corrected chi connectivity index (χ4v) is 3.12. The minimum Gasteiger partial charge on any atom is -0.335 e. The van der Waals surface area contributed by atoms with Crippen molar-refractivity contribution in [2.75, 3.05) is 5.32 Å². The van der Waals surface area contributed by atoms with Gasteiger partial charge in [0.2, 0.25) is 0 Å². The molecule has 1 amide bonds. The standard InChI is InChI=1S/C22H18FN3O2/c1-12-5-4-6-18(13(12)2)24-21(27)17-11-19(15-7-9-16(23)10-8-15)25-22-20(17)14(3)26-28-22/h4-11H,1-3H3,(H,24,27). The summed E-state index contributed by atoms with van der Waals surface area (Å²) in [5.74, 6) is -0.621. The number of hydrogen-bond donors (Lipinski definition) is 1. The number of carbonyl (C=O) groups excluding carboxylic acids is 1. The number of anilines is 1. The highest BCUT2D eigenvalue weighted by molar-refractivity contribution is 6.13. The molecule has 5 nitrogen and oxygen atoms in total. The number of fused-ring (bicyclic) bond motifs is 1. The third-order valence-electron chi connectivity index (χ3n) is 4.85. The van der Waals surface area contributed by atoms with Crippen molar-refractivity contribution in [2.24, 2.45) is 0 Å². The molecule has 0 atom stereocenters. The number of hydrogen-bond acceptors (Lipinski definition) is 4. The van der Waals surface area contributed by atoms with Gasteiger partial charge in [-0.3, -0.25) is 4.79 Å². The average Bonchev–Trinajstić information content (AvgIpc) is 3.06. The number of benzene rings is 2. The summed E-state index contributed by atoms with van der Waals surface area (Å²) in [7, 11) is 0. The van der Waals surface area contributed by atoms with Crippen LogP contribution in [0.25, 0.3) is 22.4 Å². The molecule has 2 heterocycles. The van der Waals surface area contributed by atoms with Gasteiger partial charge in [-0.1, -0.05) is 17.3 Å². The summed E-state index contributed by atoms with van der Waals surface area (Å²) in [5.41, 5.74) is 5.28. The van der Waals surface area contributed by atoms with E-state index in [2.05, 4.69) is 15.5 Å². The zero-order chi connectivity index (χ0) is 19.8. The second-order valence-electron chi connectivity index (χ2n) is 6.71. The Morgan fingerprint density at radius 2 is 1.82 bits per heavy atom. The Morgan fingerprint density at radius 3 is 2.57 bits per heavy atom. The summed E-state index contributed by atoms with van der Waals surface area (Å²) >= 11 is 0. The smallest absolute Gasteiger partial charge is 0.259 e. The van der Waals surface area contributed by atoms with Crippen LogP contribution in [-0.2, 0) is 0 Å². The van der Waals surface area contributed by atoms with E-state index in [0.29, 0.717) is 27.9 Å². The van der Waals surface area contributed by atoms with Gasteiger partial charge in [-0.2, -0.15) is 0 Å². The first-order valence-corrected chi connectivity index (χ1v) is 8.84. The SMILES string of the molecule is Cc1cccc(NC(=O)c2cc(-c3ccc(F)cc3)nc3onc(C)c23)c1C. The van der Waals surface area contributed by atoms with Crippen LogP contribution < -0.4 is 5.32 Å². The summed E-state index contributed by atoms with van der Waals surface area (Å²) in [4.78, 5) is 17.6. The number of pyridine rings is 1. The van der Waals surface area contributed by atoms with Crippen molar-refractivity contribution in [3.05, 3.63) is 76.7 Å². The molecule has 6 heteroatoms. The molecule has 140 valence electrons. The van der Waals surface area contributed by atoms with E-state index in [9.17, 15) is 9.18 Å². The Balaban J connectivity index is 1.82. The van der Waals surface area contributed by atoms with Crippen LogP contribution in [0.4, 0.5) is 10.1 Å². The average molecular weight is 375 g/mol. The highest BCUT2D eigenvalue weighted by Gasteiger charge is 2.20. The number of amides is 1. The molecular formula is C22H18FN3O2. The van der Waals surface area contributed by atoms with Crippen LogP contribution in [0, 0.1) is 26.6 Å². The predicted molar refractivity (Wildman–Crippen MR) is 106 cm³/mol. The van der Waals surface area contributed by atoms with Gasteiger partial charge in [-0.15, -0.1) is 0 Å². The molecule has 1 N–H and O–H groups in total. The molecule has 0 saturated carbocycles. The minimum atomic E-state index is -0.340. The van der Waals surface area contributed by atoms with Gasteiger partial charge in [0.25, 0.3) is 11.6 Å². The maximum absolute atomic E-state index is 13.3. The van der Waals surface area contributed by atoms with E-state index >= 15 is 0 Å². The van der Waals surface area contributed by atoms with Gasteiger partial charge >= 0.3 is 0 Å². The molecule has 2 aromatic heterocycles. The van der Waals surface area contributed by atoms with Crippen molar-refractivity contribution in [1.29, 1.82) is 0 Å². The zero-order valence-corrected chi connectivity index (χ0v) is 15.7. The van der Waals surface area contributed by atoms with E-state index in [-0.39, 0.29) is 17.4 Å². The van der Waals surface area contributed by atoms with Gasteiger partial charge in [-0.25, -0.2) is 9.37 Å². The van der Waals surface area contributed by atoms with Crippen molar-refractivity contribution in [3.8, 4) is 11.3 Å². The molecule has 0 bridgehead atoms. The maximum Gasteiger partial charge on any atom is 0.259 e. The van der Waals surface area contributed by atoms with Crippen molar-refractivity contribution in [3.63, 3.8) is 0 Å². The highest BCUT2D eigenvalue weighted by atomic mass is 19.1. The normalized spacial score (nSPS) is 11.0. The first kappa shape index (κ1) is 17.9. The van der Waals surface area contributed by atoms with Gasteiger partial charge in [0.1, 0.15) is 5.82 Å². The van der Waals surface area contributed by atoms with Crippen LogP contribution in [0.5, 0.6) is 0 Å². The molecule has 4 aromatic rings.